The molecule has 0 bridgehead atoms. The molecule has 0 spiro atoms. The first-order chi connectivity index (χ1) is 14.4. The number of thiophene rings is 1. The van der Waals surface area contributed by atoms with Gasteiger partial charge in [-0.1, -0.05) is 76.2 Å². The molecule has 0 saturated heterocycles. The van der Waals surface area contributed by atoms with Crippen molar-refractivity contribution < 1.29 is 0 Å². The molecule has 3 nitrogen and oxygen atoms in total. The third kappa shape index (κ3) is 4.38. The summed E-state index contributed by atoms with van der Waals surface area (Å²) in [4.78, 5) is 21.1. The molecule has 0 aliphatic heterocycles. The summed E-state index contributed by atoms with van der Waals surface area (Å²) in [5.41, 5.74) is 2.88. The van der Waals surface area contributed by atoms with Crippen LogP contribution < -0.4 is 5.56 Å². The summed E-state index contributed by atoms with van der Waals surface area (Å²) in [5.74, 6) is 1.67. The van der Waals surface area contributed by atoms with Crippen molar-refractivity contribution >= 4 is 33.3 Å². The van der Waals surface area contributed by atoms with E-state index in [0.29, 0.717) is 17.9 Å². The van der Waals surface area contributed by atoms with Crippen LogP contribution in [0.5, 0.6) is 0 Å². The first-order valence-electron chi connectivity index (χ1n) is 11.1. The Hall–Kier alpha value is -1.59. The fourth-order valence-corrected chi connectivity index (χ4v) is 6.72. The standard InChI is InChI=1S/C25H32N2OS2/c1-5-6-14-29-24-26-22-21(23(28)27(24)16-17-10-8-7-9-11-17)19-13-12-18(25(2,3)4)15-20(19)30-22/h7-11,18H,5-6,12-16H2,1-4H3/t18-/m0/s1. The van der Waals surface area contributed by atoms with Crippen LogP contribution in [0.25, 0.3) is 10.2 Å². The Morgan fingerprint density at radius 3 is 2.70 bits per heavy atom. The number of fused-ring (bicyclic) bond motifs is 3. The molecule has 0 amide bonds. The van der Waals surface area contributed by atoms with E-state index in [9.17, 15) is 4.79 Å². The molecule has 2 aromatic heterocycles. The highest BCUT2D eigenvalue weighted by Gasteiger charge is 2.32. The van der Waals surface area contributed by atoms with Gasteiger partial charge in [-0.25, -0.2) is 4.98 Å². The normalized spacial score (nSPS) is 16.7. The maximum absolute atomic E-state index is 13.7. The molecule has 1 atom stereocenters. The Labute approximate surface area is 187 Å². The molecular formula is C25H32N2OS2. The maximum atomic E-state index is 13.7. The zero-order valence-electron chi connectivity index (χ0n) is 18.5. The first kappa shape index (κ1) is 21.6. The van der Waals surface area contributed by atoms with Gasteiger partial charge in [-0.2, -0.15) is 0 Å². The van der Waals surface area contributed by atoms with Crippen molar-refractivity contribution in [2.75, 3.05) is 5.75 Å². The highest BCUT2D eigenvalue weighted by atomic mass is 32.2. The summed E-state index contributed by atoms with van der Waals surface area (Å²) in [6, 6.07) is 10.3. The number of hydrogen-bond donors (Lipinski definition) is 0. The van der Waals surface area contributed by atoms with Gasteiger partial charge in [0.1, 0.15) is 4.83 Å². The molecule has 1 aromatic carbocycles. The second-order valence-electron chi connectivity index (χ2n) is 9.46. The van der Waals surface area contributed by atoms with Crippen LogP contribution >= 0.6 is 23.1 Å². The lowest BCUT2D eigenvalue weighted by atomic mass is 9.72. The van der Waals surface area contributed by atoms with E-state index < -0.39 is 0 Å². The summed E-state index contributed by atoms with van der Waals surface area (Å²) in [5, 5.41) is 1.76. The summed E-state index contributed by atoms with van der Waals surface area (Å²) >= 11 is 3.49. The topological polar surface area (TPSA) is 34.9 Å². The predicted octanol–water partition coefficient (Wildman–Crippen LogP) is 6.55. The Morgan fingerprint density at radius 1 is 1.23 bits per heavy atom. The Bertz CT molecular complexity index is 1080. The predicted molar refractivity (Wildman–Crippen MR) is 130 cm³/mol. The quantitative estimate of drug-likeness (QED) is 0.248. The molecule has 0 N–H and O–H groups in total. The average molecular weight is 441 g/mol. The van der Waals surface area contributed by atoms with Crippen molar-refractivity contribution in [3.8, 4) is 0 Å². The number of thioether (sulfide) groups is 1. The molecular weight excluding hydrogens is 408 g/mol. The van der Waals surface area contributed by atoms with Crippen molar-refractivity contribution in [2.24, 2.45) is 11.3 Å². The lowest BCUT2D eigenvalue weighted by Crippen LogP contribution is -2.27. The molecule has 0 fully saturated rings. The summed E-state index contributed by atoms with van der Waals surface area (Å²) < 4.78 is 1.92. The second kappa shape index (κ2) is 8.88. The van der Waals surface area contributed by atoms with E-state index in [0.717, 1.165) is 58.8 Å². The Kier molecular flexibility index (Phi) is 6.40. The monoisotopic (exact) mass is 440 g/mol. The van der Waals surface area contributed by atoms with Crippen molar-refractivity contribution in [3.05, 3.63) is 56.7 Å². The van der Waals surface area contributed by atoms with E-state index >= 15 is 0 Å². The van der Waals surface area contributed by atoms with E-state index in [1.54, 1.807) is 23.1 Å². The highest BCUT2D eigenvalue weighted by Crippen LogP contribution is 2.42. The number of aromatic nitrogens is 2. The fourth-order valence-electron chi connectivity index (χ4n) is 4.30. The van der Waals surface area contributed by atoms with Crippen molar-refractivity contribution in [2.45, 2.75) is 71.5 Å². The molecule has 3 aromatic rings. The average Bonchev–Trinajstić information content (AvgIpc) is 3.08. The van der Waals surface area contributed by atoms with E-state index in [1.165, 1.54) is 10.4 Å². The first-order valence-corrected chi connectivity index (χ1v) is 12.9. The van der Waals surface area contributed by atoms with Crippen LogP contribution in [0.2, 0.25) is 0 Å². The zero-order chi connectivity index (χ0) is 21.3. The third-order valence-electron chi connectivity index (χ3n) is 6.27. The van der Waals surface area contributed by atoms with Crippen LogP contribution in [0.15, 0.2) is 40.3 Å². The minimum atomic E-state index is 0.148. The number of rotatable bonds is 6. The number of aryl methyl sites for hydroxylation is 1. The van der Waals surface area contributed by atoms with Crippen LogP contribution in [0.4, 0.5) is 0 Å². The van der Waals surface area contributed by atoms with Gasteiger partial charge in [0.2, 0.25) is 0 Å². The van der Waals surface area contributed by atoms with Crippen molar-refractivity contribution in [3.63, 3.8) is 0 Å². The van der Waals surface area contributed by atoms with Crippen LogP contribution in [0.3, 0.4) is 0 Å². The summed E-state index contributed by atoms with van der Waals surface area (Å²) in [7, 11) is 0. The number of unbranched alkanes of at least 4 members (excludes halogenated alkanes) is 1. The van der Waals surface area contributed by atoms with Gasteiger partial charge in [0, 0.05) is 10.6 Å². The molecule has 0 saturated carbocycles. The van der Waals surface area contributed by atoms with Gasteiger partial charge in [0.15, 0.2) is 5.16 Å². The van der Waals surface area contributed by atoms with Gasteiger partial charge in [-0.3, -0.25) is 9.36 Å². The molecule has 1 aliphatic carbocycles. The number of benzene rings is 1. The van der Waals surface area contributed by atoms with Gasteiger partial charge in [-0.05, 0) is 48.1 Å². The molecule has 160 valence electrons. The lowest BCUT2D eigenvalue weighted by Gasteiger charge is -2.33. The van der Waals surface area contributed by atoms with Crippen molar-refractivity contribution in [1.29, 1.82) is 0 Å². The summed E-state index contributed by atoms with van der Waals surface area (Å²) in [6.45, 7) is 9.80. The second-order valence-corrected chi connectivity index (χ2v) is 11.6. The van der Waals surface area contributed by atoms with Crippen LogP contribution in [0.1, 0.15) is 63.0 Å². The third-order valence-corrected chi connectivity index (χ3v) is 8.48. The largest absolute Gasteiger partial charge is 0.283 e. The van der Waals surface area contributed by atoms with Gasteiger partial charge in [0.25, 0.3) is 5.56 Å². The number of nitrogens with zero attached hydrogens (tertiary/aromatic N) is 2. The van der Waals surface area contributed by atoms with Crippen molar-refractivity contribution in [1.82, 2.24) is 9.55 Å². The van der Waals surface area contributed by atoms with E-state index in [4.69, 9.17) is 4.98 Å². The molecule has 2 heterocycles. The SMILES string of the molecule is CCCCSc1nc2sc3c(c2c(=O)n1Cc1ccccc1)CC[C@H](C(C)(C)C)C3. The molecule has 5 heteroatoms. The molecule has 1 aliphatic rings. The minimum absolute atomic E-state index is 0.148. The number of hydrogen-bond acceptors (Lipinski definition) is 4. The summed E-state index contributed by atoms with van der Waals surface area (Å²) in [6.07, 6.45) is 5.53. The molecule has 30 heavy (non-hydrogen) atoms. The maximum Gasteiger partial charge on any atom is 0.263 e. The molecule has 0 unspecified atom stereocenters. The minimum Gasteiger partial charge on any atom is -0.283 e. The Morgan fingerprint density at radius 2 is 2.00 bits per heavy atom. The zero-order valence-corrected chi connectivity index (χ0v) is 20.2. The van der Waals surface area contributed by atoms with E-state index in [2.05, 4.69) is 39.8 Å². The van der Waals surface area contributed by atoms with Gasteiger partial charge in [0.05, 0.1) is 11.9 Å². The lowest BCUT2D eigenvalue weighted by molar-refractivity contribution is 0.218. The van der Waals surface area contributed by atoms with E-state index in [-0.39, 0.29) is 5.56 Å². The van der Waals surface area contributed by atoms with Gasteiger partial charge < -0.3 is 0 Å². The van der Waals surface area contributed by atoms with Gasteiger partial charge in [-0.15, -0.1) is 11.3 Å². The van der Waals surface area contributed by atoms with Crippen LogP contribution in [-0.2, 0) is 19.4 Å². The van der Waals surface area contributed by atoms with Crippen LogP contribution in [0, 0.1) is 11.3 Å². The van der Waals surface area contributed by atoms with Crippen LogP contribution in [-0.4, -0.2) is 15.3 Å². The highest BCUT2D eigenvalue weighted by molar-refractivity contribution is 7.99. The van der Waals surface area contributed by atoms with E-state index in [1.807, 2.05) is 22.8 Å². The Balaban J connectivity index is 1.79. The molecule has 0 radical (unpaired) electrons. The van der Waals surface area contributed by atoms with Gasteiger partial charge >= 0.3 is 0 Å². The fraction of sp³-hybridized carbons (Fsp3) is 0.520. The molecule has 4 rings (SSSR count). The smallest absolute Gasteiger partial charge is 0.263 e.